The molecule has 134 valence electrons. The molecule has 0 spiro atoms. The summed E-state index contributed by atoms with van der Waals surface area (Å²) in [7, 11) is 0. The first-order valence-electron chi connectivity index (χ1n) is 9.07. The Kier molecular flexibility index (Phi) is 7.33. The van der Waals surface area contributed by atoms with Crippen molar-refractivity contribution in [1.82, 2.24) is 0 Å². The Morgan fingerprint density at radius 2 is 1.60 bits per heavy atom. The predicted molar refractivity (Wildman–Crippen MR) is 105 cm³/mol. The molecule has 4 heteroatoms. The number of ether oxygens (including phenoxy) is 1. The summed E-state index contributed by atoms with van der Waals surface area (Å²) in [5.74, 6) is 0.685. The van der Waals surface area contributed by atoms with Crippen LogP contribution in [0.4, 0.5) is 11.4 Å². The number of carbonyl (C=O) groups is 1. The lowest BCUT2D eigenvalue weighted by Gasteiger charge is -2.21. The second kappa shape index (κ2) is 9.72. The van der Waals surface area contributed by atoms with Gasteiger partial charge in [0.2, 0.25) is 0 Å². The van der Waals surface area contributed by atoms with Crippen LogP contribution in [0.3, 0.4) is 0 Å². The Labute approximate surface area is 150 Å². The highest BCUT2D eigenvalue weighted by Crippen LogP contribution is 2.19. The fraction of sp³-hybridized carbons (Fsp3) is 0.381. The third-order valence-corrected chi connectivity index (χ3v) is 4.14. The number of nitrogens with zero attached hydrogens (tertiary/aromatic N) is 1. The lowest BCUT2D eigenvalue weighted by molar-refractivity contribution is 0.102. The molecule has 4 nitrogen and oxygen atoms in total. The molecule has 1 N–H and O–H groups in total. The maximum absolute atomic E-state index is 12.4. The molecule has 2 aromatic carbocycles. The molecule has 0 heterocycles. The zero-order valence-corrected chi connectivity index (χ0v) is 15.4. The van der Waals surface area contributed by atoms with Crippen molar-refractivity contribution >= 4 is 17.3 Å². The number of amides is 1. The Morgan fingerprint density at radius 1 is 0.960 bits per heavy atom. The zero-order chi connectivity index (χ0) is 18.1. The Morgan fingerprint density at radius 3 is 2.16 bits per heavy atom. The van der Waals surface area contributed by atoms with E-state index in [-0.39, 0.29) is 5.91 Å². The van der Waals surface area contributed by atoms with Crippen molar-refractivity contribution in [3.8, 4) is 5.75 Å². The van der Waals surface area contributed by atoms with Gasteiger partial charge in [0, 0.05) is 30.0 Å². The molecule has 25 heavy (non-hydrogen) atoms. The van der Waals surface area contributed by atoms with Crippen LogP contribution >= 0.6 is 0 Å². The summed E-state index contributed by atoms with van der Waals surface area (Å²) in [5, 5.41) is 2.93. The van der Waals surface area contributed by atoms with Gasteiger partial charge in [-0.3, -0.25) is 4.79 Å². The number of hydrogen-bond donors (Lipinski definition) is 1. The SMILES string of the molecule is CCCCOc1ccc(C(=O)Nc2ccc(N(CC)CC)cc2)cc1. The van der Waals surface area contributed by atoms with Crippen molar-refractivity contribution in [1.29, 1.82) is 0 Å². The van der Waals surface area contributed by atoms with Crippen LogP contribution in [0.1, 0.15) is 44.0 Å². The van der Waals surface area contributed by atoms with Crippen molar-refractivity contribution in [2.24, 2.45) is 0 Å². The summed E-state index contributed by atoms with van der Waals surface area (Å²) in [6.07, 6.45) is 2.14. The van der Waals surface area contributed by atoms with Crippen LogP contribution in [0.5, 0.6) is 5.75 Å². The maximum atomic E-state index is 12.4. The molecule has 0 fully saturated rings. The second-order valence-corrected chi connectivity index (χ2v) is 5.90. The molecular weight excluding hydrogens is 312 g/mol. The van der Waals surface area contributed by atoms with Gasteiger partial charge in [0.25, 0.3) is 5.91 Å². The third-order valence-electron chi connectivity index (χ3n) is 4.14. The van der Waals surface area contributed by atoms with Gasteiger partial charge in [0.15, 0.2) is 0 Å². The van der Waals surface area contributed by atoms with Crippen molar-refractivity contribution < 1.29 is 9.53 Å². The van der Waals surface area contributed by atoms with Gasteiger partial charge in [-0.2, -0.15) is 0 Å². The van der Waals surface area contributed by atoms with E-state index < -0.39 is 0 Å². The Balaban J connectivity index is 1.95. The lowest BCUT2D eigenvalue weighted by atomic mass is 10.2. The summed E-state index contributed by atoms with van der Waals surface area (Å²) in [5.41, 5.74) is 2.58. The van der Waals surface area contributed by atoms with Crippen LogP contribution in [0.2, 0.25) is 0 Å². The van der Waals surface area contributed by atoms with E-state index in [9.17, 15) is 4.79 Å². The Hall–Kier alpha value is -2.49. The fourth-order valence-electron chi connectivity index (χ4n) is 2.58. The average molecular weight is 340 g/mol. The minimum atomic E-state index is -0.115. The molecule has 2 aromatic rings. The molecule has 0 aromatic heterocycles. The fourth-order valence-corrected chi connectivity index (χ4v) is 2.58. The van der Waals surface area contributed by atoms with Gasteiger partial charge in [0.1, 0.15) is 5.75 Å². The quantitative estimate of drug-likeness (QED) is 0.656. The molecule has 0 aliphatic heterocycles. The molecule has 0 radical (unpaired) electrons. The van der Waals surface area contributed by atoms with E-state index in [4.69, 9.17) is 4.74 Å². The van der Waals surface area contributed by atoms with Crippen molar-refractivity contribution in [2.45, 2.75) is 33.6 Å². The number of unbranched alkanes of at least 4 members (excludes halogenated alkanes) is 1. The molecule has 0 aliphatic carbocycles. The van der Waals surface area contributed by atoms with Crippen molar-refractivity contribution in [3.63, 3.8) is 0 Å². The first kappa shape index (κ1) is 18.8. The van der Waals surface area contributed by atoms with Gasteiger partial charge < -0.3 is 15.0 Å². The van der Waals surface area contributed by atoms with Crippen LogP contribution in [0.25, 0.3) is 0 Å². The number of benzene rings is 2. The largest absolute Gasteiger partial charge is 0.494 e. The van der Waals surface area contributed by atoms with Gasteiger partial charge in [0.05, 0.1) is 6.61 Å². The van der Waals surface area contributed by atoms with E-state index in [2.05, 4.69) is 31.0 Å². The number of rotatable bonds is 9. The maximum Gasteiger partial charge on any atom is 0.255 e. The standard InChI is InChI=1S/C21H28N2O2/c1-4-7-16-25-20-14-8-17(9-15-20)21(24)22-18-10-12-19(13-11-18)23(5-2)6-3/h8-15H,4-7,16H2,1-3H3,(H,22,24). The van der Waals surface area contributed by atoms with E-state index in [0.29, 0.717) is 12.2 Å². The van der Waals surface area contributed by atoms with Crippen LogP contribution in [-0.4, -0.2) is 25.6 Å². The van der Waals surface area contributed by atoms with Gasteiger partial charge in [-0.05, 0) is 68.8 Å². The molecule has 0 bridgehead atoms. The summed E-state index contributed by atoms with van der Waals surface area (Å²) in [4.78, 5) is 14.6. The van der Waals surface area contributed by atoms with E-state index in [1.165, 1.54) is 0 Å². The summed E-state index contributed by atoms with van der Waals surface area (Å²) in [6.45, 7) is 9.04. The minimum Gasteiger partial charge on any atom is -0.494 e. The highest BCUT2D eigenvalue weighted by atomic mass is 16.5. The van der Waals surface area contributed by atoms with E-state index in [1.807, 2.05) is 36.4 Å². The first-order valence-corrected chi connectivity index (χ1v) is 9.07. The third kappa shape index (κ3) is 5.52. The lowest BCUT2D eigenvalue weighted by Crippen LogP contribution is -2.21. The monoisotopic (exact) mass is 340 g/mol. The summed E-state index contributed by atoms with van der Waals surface area (Å²) >= 11 is 0. The molecule has 0 saturated carbocycles. The van der Waals surface area contributed by atoms with Crippen LogP contribution < -0.4 is 15.0 Å². The molecule has 2 rings (SSSR count). The molecule has 0 saturated heterocycles. The van der Waals surface area contributed by atoms with Crippen molar-refractivity contribution in [2.75, 3.05) is 29.9 Å². The van der Waals surface area contributed by atoms with Gasteiger partial charge in [-0.25, -0.2) is 0 Å². The number of nitrogens with one attached hydrogen (secondary N) is 1. The number of carbonyl (C=O) groups excluding carboxylic acids is 1. The van der Waals surface area contributed by atoms with Crippen LogP contribution in [0.15, 0.2) is 48.5 Å². The van der Waals surface area contributed by atoms with Crippen LogP contribution in [0, 0.1) is 0 Å². The highest BCUT2D eigenvalue weighted by molar-refractivity contribution is 6.04. The van der Waals surface area contributed by atoms with E-state index >= 15 is 0 Å². The van der Waals surface area contributed by atoms with E-state index in [1.54, 1.807) is 12.1 Å². The van der Waals surface area contributed by atoms with E-state index in [0.717, 1.165) is 43.1 Å². The van der Waals surface area contributed by atoms with Crippen molar-refractivity contribution in [3.05, 3.63) is 54.1 Å². The first-order chi connectivity index (χ1) is 12.2. The number of hydrogen-bond acceptors (Lipinski definition) is 3. The average Bonchev–Trinajstić information content (AvgIpc) is 2.65. The smallest absolute Gasteiger partial charge is 0.255 e. The summed E-state index contributed by atoms with van der Waals surface area (Å²) < 4.78 is 5.62. The topological polar surface area (TPSA) is 41.6 Å². The molecule has 0 aliphatic rings. The molecular formula is C21H28N2O2. The Bertz CT molecular complexity index is 647. The molecule has 0 unspecified atom stereocenters. The van der Waals surface area contributed by atoms with Gasteiger partial charge >= 0.3 is 0 Å². The molecule has 1 amide bonds. The van der Waals surface area contributed by atoms with Crippen LogP contribution in [-0.2, 0) is 0 Å². The number of anilines is 2. The second-order valence-electron chi connectivity index (χ2n) is 5.90. The van der Waals surface area contributed by atoms with Gasteiger partial charge in [-0.1, -0.05) is 13.3 Å². The normalized spacial score (nSPS) is 10.4. The molecule has 0 atom stereocenters. The predicted octanol–water partition coefficient (Wildman–Crippen LogP) is 4.96. The van der Waals surface area contributed by atoms with Gasteiger partial charge in [-0.15, -0.1) is 0 Å². The highest BCUT2D eigenvalue weighted by Gasteiger charge is 2.07. The zero-order valence-electron chi connectivity index (χ0n) is 15.4. The summed E-state index contributed by atoms with van der Waals surface area (Å²) in [6, 6.07) is 15.2. The minimum absolute atomic E-state index is 0.115.